The van der Waals surface area contributed by atoms with Gasteiger partial charge in [-0.05, 0) is 23.3 Å². The molecular formula is C27H20O4. The largest absolute Gasteiger partial charge is 0.423 e. The van der Waals surface area contributed by atoms with Crippen molar-refractivity contribution in [2.75, 3.05) is 0 Å². The standard InChI is InChI=1S/C27H20O4/c28-25(20-12-4-1-5-13-20)23-18-10-11-19-24(23)31-26(29)27(30,21-14-6-2-7-15-21)22-16-8-3-9-17-22/h1-19,30H. The van der Waals surface area contributed by atoms with Crippen LogP contribution in [0, 0.1) is 0 Å². The minimum absolute atomic E-state index is 0.0895. The van der Waals surface area contributed by atoms with Crippen molar-refractivity contribution in [3.8, 4) is 5.75 Å². The number of hydrogen-bond donors (Lipinski definition) is 1. The number of ether oxygens (including phenoxy) is 1. The second kappa shape index (κ2) is 8.78. The van der Waals surface area contributed by atoms with Crippen LogP contribution in [0.2, 0.25) is 0 Å². The van der Waals surface area contributed by atoms with Gasteiger partial charge in [-0.3, -0.25) is 4.79 Å². The molecule has 0 atom stereocenters. The fraction of sp³-hybridized carbons (Fsp3) is 0.0370. The second-order valence-corrected chi connectivity index (χ2v) is 7.02. The molecule has 0 heterocycles. The Kier molecular flexibility index (Phi) is 5.74. The van der Waals surface area contributed by atoms with Gasteiger partial charge in [0.2, 0.25) is 5.60 Å². The van der Waals surface area contributed by atoms with Crippen LogP contribution >= 0.6 is 0 Å². The number of aliphatic hydroxyl groups is 1. The smallest absolute Gasteiger partial charge is 0.353 e. The van der Waals surface area contributed by atoms with Crippen LogP contribution in [0.4, 0.5) is 0 Å². The van der Waals surface area contributed by atoms with Gasteiger partial charge in [0.25, 0.3) is 0 Å². The van der Waals surface area contributed by atoms with E-state index in [9.17, 15) is 14.7 Å². The van der Waals surface area contributed by atoms with Gasteiger partial charge in [-0.1, -0.05) is 103 Å². The van der Waals surface area contributed by atoms with Crippen molar-refractivity contribution in [2.24, 2.45) is 0 Å². The van der Waals surface area contributed by atoms with Gasteiger partial charge in [-0.25, -0.2) is 4.79 Å². The molecule has 0 aromatic heterocycles. The average Bonchev–Trinajstić information content (AvgIpc) is 2.85. The number of carbonyl (C=O) groups is 2. The van der Waals surface area contributed by atoms with E-state index in [1.807, 2.05) is 6.07 Å². The molecule has 0 spiro atoms. The lowest BCUT2D eigenvalue weighted by atomic mass is 9.86. The molecule has 4 heteroatoms. The summed E-state index contributed by atoms with van der Waals surface area (Å²) in [6, 6.07) is 32.5. The molecule has 0 saturated carbocycles. The summed E-state index contributed by atoms with van der Waals surface area (Å²) in [4.78, 5) is 26.3. The Balaban J connectivity index is 1.74. The second-order valence-electron chi connectivity index (χ2n) is 7.02. The van der Waals surface area contributed by atoms with Crippen molar-refractivity contribution in [2.45, 2.75) is 5.60 Å². The monoisotopic (exact) mass is 408 g/mol. The number of rotatable bonds is 6. The first-order chi connectivity index (χ1) is 15.1. The van der Waals surface area contributed by atoms with Crippen LogP contribution in [0.3, 0.4) is 0 Å². The summed E-state index contributed by atoms with van der Waals surface area (Å²) in [6.45, 7) is 0. The van der Waals surface area contributed by atoms with Crippen molar-refractivity contribution < 1.29 is 19.4 Å². The summed E-state index contributed by atoms with van der Waals surface area (Å²) in [7, 11) is 0. The minimum atomic E-state index is -2.04. The molecule has 0 aliphatic rings. The summed E-state index contributed by atoms with van der Waals surface area (Å²) in [5.74, 6) is -1.07. The molecule has 0 aliphatic heterocycles. The quantitative estimate of drug-likeness (QED) is 0.284. The predicted molar refractivity (Wildman–Crippen MR) is 118 cm³/mol. The fourth-order valence-electron chi connectivity index (χ4n) is 3.42. The maximum atomic E-state index is 13.4. The lowest BCUT2D eigenvalue weighted by molar-refractivity contribution is -0.152. The molecule has 4 rings (SSSR count). The van der Waals surface area contributed by atoms with Crippen LogP contribution in [-0.2, 0) is 10.4 Å². The summed E-state index contributed by atoms with van der Waals surface area (Å²) < 4.78 is 5.65. The highest BCUT2D eigenvalue weighted by Crippen LogP contribution is 2.32. The van der Waals surface area contributed by atoms with Gasteiger partial charge in [0.1, 0.15) is 5.75 Å². The molecule has 0 radical (unpaired) electrons. The third-order valence-electron chi connectivity index (χ3n) is 5.05. The molecule has 4 aromatic rings. The van der Waals surface area contributed by atoms with E-state index in [1.165, 1.54) is 0 Å². The first kappa shape index (κ1) is 20.3. The lowest BCUT2D eigenvalue weighted by Gasteiger charge is -2.27. The normalized spacial score (nSPS) is 11.0. The van der Waals surface area contributed by atoms with Crippen LogP contribution < -0.4 is 4.74 Å². The van der Waals surface area contributed by atoms with E-state index in [4.69, 9.17) is 4.74 Å². The van der Waals surface area contributed by atoms with Crippen molar-refractivity contribution in [1.29, 1.82) is 0 Å². The van der Waals surface area contributed by atoms with E-state index >= 15 is 0 Å². The van der Waals surface area contributed by atoms with Gasteiger partial charge >= 0.3 is 5.97 Å². The molecule has 0 bridgehead atoms. The van der Waals surface area contributed by atoms with Crippen LogP contribution in [0.25, 0.3) is 0 Å². The molecule has 31 heavy (non-hydrogen) atoms. The van der Waals surface area contributed by atoms with Crippen LogP contribution in [-0.4, -0.2) is 16.9 Å². The van der Waals surface area contributed by atoms with Crippen LogP contribution in [0.1, 0.15) is 27.0 Å². The van der Waals surface area contributed by atoms with Gasteiger partial charge in [0, 0.05) is 5.56 Å². The zero-order valence-electron chi connectivity index (χ0n) is 16.6. The molecular weight excluding hydrogens is 388 g/mol. The number of ketones is 1. The maximum Gasteiger partial charge on any atom is 0.353 e. The summed E-state index contributed by atoms with van der Waals surface area (Å²) >= 11 is 0. The molecule has 1 N–H and O–H groups in total. The number of hydrogen-bond acceptors (Lipinski definition) is 4. The van der Waals surface area contributed by atoms with Crippen molar-refractivity contribution >= 4 is 11.8 Å². The zero-order chi connectivity index (χ0) is 21.7. The third-order valence-corrected chi connectivity index (χ3v) is 5.05. The topological polar surface area (TPSA) is 63.6 Å². The molecule has 0 unspecified atom stereocenters. The minimum Gasteiger partial charge on any atom is -0.423 e. The summed E-state index contributed by atoms with van der Waals surface area (Å²) in [5, 5.41) is 11.6. The Morgan fingerprint density at radius 3 is 1.61 bits per heavy atom. The van der Waals surface area contributed by atoms with Crippen LogP contribution in [0.5, 0.6) is 5.75 Å². The van der Waals surface area contributed by atoms with E-state index in [2.05, 4.69) is 0 Å². The maximum absolute atomic E-state index is 13.4. The van der Waals surface area contributed by atoms with Gasteiger partial charge in [0.05, 0.1) is 5.56 Å². The van der Waals surface area contributed by atoms with Crippen molar-refractivity contribution in [3.05, 3.63) is 138 Å². The Bertz CT molecular complexity index is 1150. The van der Waals surface area contributed by atoms with Crippen molar-refractivity contribution in [1.82, 2.24) is 0 Å². The number of carbonyl (C=O) groups excluding carboxylic acids is 2. The van der Waals surface area contributed by atoms with E-state index in [0.29, 0.717) is 16.7 Å². The average molecular weight is 408 g/mol. The van der Waals surface area contributed by atoms with Crippen molar-refractivity contribution in [3.63, 3.8) is 0 Å². The van der Waals surface area contributed by atoms with Gasteiger partial charge < -0.3 is 9.84 Å². The van der Waals surface area contributed by atoms with E-state index in [-0.39, 0.29) is 17.1 Å². The first-order valence-electron chi connectivity index (χ1n) is 9.85. The SMILES string of the molecule is O=C(c1ccccc1)c1ccccc1OC(=O)C(O)(c1ccccc1)c1ccccc1. The fourth-order valence-corrected chi connectivity index (χ4v) is 3.42. The van der Waals surface area contributed by atoms with Crippen LogP contribution in [0.15, 0.2) is 115 Å². The Morgan fingerprint density at radius 1 is 0.613 bits per heavy atom. The highest BCUT2D eigenvalue weighted by molar-refractivity contribution is 6.11. The molecule has 152 valence electrons. The zero-order valence-corrected chi connectivity index (χ0v) is 16.6. The van der Waals surface area contributed by atoms with Gasteiger partial charge in [0.15, 0.2) is 5.78 Å². The van der Waals surface area contributed by atoms with Gasteiger partial charge in [-0.15, -0.1) is 0 Å². The Morgan fingerprint density at radius 2 is 1.06 bits per heavy atom. The number of para-hydroxylation sites is 1. The highest BCUT2D eigenvalue weighted by Gasteiger charge is 2.42. The third kappa shape index (κ3) is 4.02. The summed E-state index contributed by atoms with van der Waals surface area (Å²) in [5.41, 5.74) is -0.570. The molecule has 0 fully saturated rings. The van der Waals surface area contributed by atoms with Gasteiger partial charge in [-0.2, -0.15) is 0 Å². The first-order valence-corrected chi connectivity index (χ1v) is 9.85. The molecule has 0 saturated heterocycles. The number of esters is 1. The van der Waals surface area contributed by atoms with E-state index in [1.54, 1.807) is 109 Å². The number of benzene rings is 4. The molecule has 4 aromatic carbocycles. The Labute approximate surface area is 180 Å². The van der Waals surface area contributed by atoms with E-state index in [0.717, 1.165) is 0 Å². The lowest BCUT2D eigenvalue weighted by Crippen LogP contribution is -2.40. The molecule has 0 amide bonds. The predicted octanol–water partition coefficient (Wildman–Crippen LogP) is 4.76. The molecule has 4 nitrogen and oxygen atoms in total. The molecule has 0 aliphatic carbocycles. The highest BCUT2D eigenvalue weighted by atomic mass is 16.6. The Hall–Kier alpha value is -4.02. The van der Waals surface area contributed by atoms with E-state index < -0.39 is 11.6 Å². The summed E-state index contributed by atoms with van der Waals surface area (Å²) in [6.07, 6.45) is 0.